The van der Waals surface area contributed by atoms with Crippen LogP contribution in [-0.2, 0) is 6.54 Å². The third-order valence-electron chi connectivity index (χ3n) is 2.87. The molecule has 0 bridgehead atoms. The van der Waals surface area contributed by atoms with Crippen molar-refractivity contribution in [3.8, 4) is 10.6 Å². The van der Waals surface area contributed by atoms with Crippen LogP contribution in [0.2, 0.25) is 0 Å². The molecule has 104 valence electrons. The summed E-state index contributed by atoms with van der Waals surface area (Å²) in [4.78, 5) is 4.62. The monoisotopic (exact) mass is 296 g/mol. The van der Waals surface area contributed by atoms with Gasteiger partial charge in [-0.15, -0.1) is 11.3 Å². The molecule has 1 unspecified atom stereocenters. The van der Waals surface area contributed by atoms with E-state index in [9.17, 15) is 5.11 Å². The van der Waals surface area contributed by atoms with Crippen LogP contribution < -0.4 is 5.32 Å². The Kier molecular flexibility index (Phi) is 5.51. The van der Waals surface area contributed by atoms with Gasteiger partial charge in [-0.1, -0.05) is 13.8 Å². The van der Waals surface area contributed by atoms with Crippen molar-refractivity contribution in [3.63, 3.8) is 0 Å². The minimum Gasteiger partial charge on any atom is -0.395 e. The van der Waals surface area contributed by atoms with Crippen molar-refractivity contribution in [2.45, 2.75) is 32.9 Å². The van der Waals surface area contributed by atoms with Crippen molar-refractivity contribution in [1.29, 1.82) is 0 Å². The SMILES string of the molecule is CC(C)CC(CO)NCc1csc(-c2ccsc2)n1. The Hall–Kier alpha value is -0.750. The van der Waals surface area contributed by atoms with E-state index in [0.717, 1.165) is 23.7 Å². The molecule has 2 N–H and O–H groups in total. The molecule has 0 saturated carbocycles. The van der Waals surface area contributed by atoms with Crippen LogP contribution in [0.25, 0.3) is 10.6 Å². The molecule has 3 nitrogen and oxygen atoms in total. The molecule has 0 aromatic carbocycles. The summed E-state index contributed by atoms with van der Waals surface area (Å²) >= 11 is 3.36. The van der Waals surface area contributed by atoms with Gasteiger partial charge in [-0.25, -0.2) is 4.98 Å². The van der Waals surface area contributed by atoms with Crippen molar-refractivity contribution >= 4 is 22.7 Å². The van der Waals surface area contributed by atoms with Crippen LogP contribution in [0.4, 0.5) is 0 Å². The molecule has 0 aliphatic rings. The molecular weight excluding hydrogens is 276 g/mol. The molecule has 0 aliphatic carbocycles. The van der Waals surface area contributed by atoms with E-state index < -0.39 is 0 Å². The van der Waals surface area contributed by atoms with E-state index in [1.807, 2.05) is 0 Å². The number of aliphatic hydroxyl groups excluding tert-OH is 1. The predicted octanol–water partition coefficient (Wildman–Crippen LogP) is 3.37. The number of thiazole rings is 1. The van der Waals surface area contributed by atoms with Gasteiger partial charge in [0.2, 0.25) is 0 Å². The molecule has 2 aromatic heterocycles. The van der Waals surface area contributed by atoms with E-state index in [2.05, 4.69) is 46.4 Å². The second-order valence-corrected chi connectivity index (χ2v) is 6.68. The number of hydrogen-bond acceptors (Lipinski definition) is 5. The second kappa shape index (κ2) is 7.14. The first kappa shape index (κ1) is 14.7. The van der Waals surface area contributed by atoms with E-state index in [4.69, 9.17) is 0 Å². The van der Waals surface area contributed by atoms with Gasteiger partial charge in [0.15, 0.2) is 0 Å². The average molecular weight is 296 g/mol. The summed E-state index contributed by atoms with van der Waals surface area (Å²) in [7, 11) is 0. The van der Waals surface area contributed by atoms with Gasteiger partial charge in [0, 0.05) is 28.9 Å². The topological polar surface area (TPSA) is 45.1 Å². The molecule has 0 amide bonds. The van der Waals surface area contributed by atoms with Crippen LogP contribution >= 0.6 is 22.7 Å². The Balaban J connectivity index is 1.89. The lowest BCUT2D eigenvalue weighted by molar-refractivity contribution is 0.223. The number of thiophene rings is 1. The molecule has 2 heterocycles. The second-order valence-electron chi connectivity index (χ2n) is 5.05. The van der Waals surface area contributed by atoms with Crippen LogP contribution in [0.15, 0.2) is 22.2 Å². The molecule has 2 rings (SSSR count). The maximum Gasteiger partial charge on any atom is 0.124 e. The maximum absolute atomic E-state index is 9.33. The van der Waals surface area contributed by atoms with E-state index in [1.54, 1.807) is 22.7 Å². The lowest BCUT2D eigenvalue weighted by atomic mass is 10.0. The fraction of sp³-hybridized carbons (Fsp3) is 0.500. The number of nitrogens with one attached hydrogen (secondary N) is 1. The van der Waals surface area contributed by atoms with Gasteiger partial charge >= 0.3 is 0 Å². The fourth-order valence-electron chi connectivity index (χ4n) is 1.95. The summed E-state index contributed by atoms with van der Waals surface area (Å²) in [5, 5.41) is 20.0. The zero-order chi connectivity index (χ0) is 13.7. The van der Waals surface area contributed by atoms with E-state index in [-0.39, 0.29) is 12.6 Å². The first-order chi connectivity index (χ1) is 9.19. The third kappa shape index (κ3) is 4.38. The highest BCUT2D eigenvalue weighted by atomic mass is 32.1. The van der Waals surface area contributed by atoms with Crippen LogP contribution in [0, 0.1) is 5.92 Å². The van der Waals surface area contributed by atoms with Crippen molar-refractivity contribution in [3.05, 3.63) is 27.9 Å². The predicted molar refractivity (Wildman–Crippen MR) is 82.6 cm³/mol. The van der Waals surface area contributed by atoms with Crippen LogP contribution in [-0.4, -0.2) is 22.7 Å². The zero-order valence-corrected chi connectivity index (χ0v) is 12.9. The zero-order valence-electron chi connectivity index (χ0n) is 11.3. The molecular formula is C14H20N2OS2. The number of nitrogens with zero attached hydrogens (tertiary/aromatic N) is 1. The van der Waals surface area contributed by atoms with Crippen molar-refractivity contribution in [2.75, 3.05) is 6.61 Å². The van der Waals surface area contributed by atoms with Crippen LogP contribution in [0.5, 0.6) is 0 Å². The summed E-state index contributed by atoms with van der Waals surface area (Å²) in [6.45, 7) is 5.24. The number of aliphatic hydroxyl groups is 1. The molecule has 0 radical (unpaired) electrons. The Bertz CT molecular complexity index is 479. The van der Waals surface area contributed by atoms with Crippen molar-refractivity contribution in [2.24, 2.45) is 5.92 Å². The Morgan fingerprint density at radius 1 is 1.37 bits per heavy atom. The highest BCUT2D eigenvalue weighted by molar-refractivity contribution is 7.14. The molecule has 0 fully saturated rings. The van der Waals surface area contributed by atoms with Gasteiger partial charge in [-0.3, -0.25) is 0 Å². The normalized spacial score (nSPS) is 13.1. The number of aromatic nitrogens is 1. The minimum atomic E-state index is 0.159. The summed E-state index contributed by atoms with van der Waals surface area (Å²) in [6.07, 6.45) is 0.984. The van der Waals surface area contributed by atoms with Gasteiger partial charge < -0.3 is 10.4 Å². The summed E-state index contributed by atoms with van der Waals surface area (Å²) in [5.74, 6) is 0.585. The number of rotatable bonds is 7. The van der Waals surface area contributed by atoms with Crippen molar-refractivity contribution < 1.29 is 5.11 Å². The molecule has 0 spiro atoms. The molecule has 5 heteroatoms. The standard InChI is InChI=1S/C14H20N2OS2/c1-10(2)5-12(7-17)15-6-13-9-19-14(16-13)11-3-4-18-8-11/h3-4,8-10,12,15,17H,5-7H2,1-2H3. The summed E-state index contributed by atoms with van der Waals surface area (Å²) in [5.41, 5.74) is 2.25. The van der Waals surface area contributed by atoms with Crippen molar-refractivity contribution in [1.82, 2.24) is 10.3 Å². The van der Waals surface area contributed by atoms with Crippen LogP contribution in [0.3, 0.4) is 0 Å². The number of hydrogen-bond donors (Lipinski definition) is 2. The average Bonchev–Trinajstić information content (AvgIpc) is 3.03. The highest BCUT2D eigenvalue weighted by Gasteiger charge is 2.10. The summed E-state index contributed by atoms with van der Waals surface area (Å²) in [6, 6.07) is 2.25. The van der Waals surface area contributed by atoms with Gasteiger partial charge in [-0.05, 0) is 23.8 Å². The maximum atomic E-state index is 9.33. The third-order valence-corrected chi connectivity index (χ3v) is 4.49. The minimum absolute atomic E-state index is 0.159. The quantitative estimate of drug-likeness (QED) is 0.823. The molecule has 1 atom stereocenters. The molecule has 19 heavy (non-hydrogen) atoms. The molecule has 0 aliphatic heterocycles. The van der Waals surface area contributed by atoms with Gasteiger partial charge in [0.1, 0.15) is 5.01 Å². The van der Waals surface area contributed by atoms with Crippen LogP contribution in [0.1, 0.15) is 26.0 Å². The van der Waals surface area contributed by atoms with Gasteiger partial charge in [0.05, 0.1) is 12.3 Å². The molecule has 0 saturated heterocycles. The van der Waals surface area contributed by atoms with Gasteiger partial charge in [0.25, 0.3) is 0 Å². The largest absolute Gasteiger partial charge is 0.395 e. The lowest BCUT2D eigenvalue weighted by Crippen LogP contribution is -2.33. The Morgan fingerprint density at radius 3 is 2.84 bits per heavy atom. The lowest BCUT2D eigenvalue weighted by Gasteiger charge is -2.17. The molecule has 2 aromatic rings. The Labute approximate surface area is 122 Å². The Morgan fingerprint density at radius 2 is 2.21 bits per heavy atom. The first-order valence-corrected chi connectivity index (χ1v) is 8.32. The smallest absolute Gasteiger partial charge is 0.124 e. The summed E-state index contributed by atoms with van der Waals surface area (Å²) < 4.78 is 0. The van der Waals surface area contributed by atoms with E-state index >= 15 is 0 Å². The van der Waals surface area contributed by atoms with E-state index in [0.29, 0.717) is 5.92 Å². The van der Waals surface area contributed by atoms with E-state index in [1.165, 1.54) is 5.56 Å². The first-order valence-electron chi connectivity index (χ1n) is 6.50. The fourth-order valence-corrected chi connectivity index (χ4v) is 3.48. The van der Waals surface area contributed by atoms with Gasteiger partial charge in [-0.2, -0.15) is 11.3 Å². The highest BCUT2D eigenvalue weighted by Crippen LogP contribution is 2.25.